The number of hydrogen-bond acceptors (Lipinski definition) is 6. The van der Waals surface area contributed by atoms with Crippen molar-refractivity contribution in [3.63, 3.8) is 0 Å². The molecule has 2 aromatic heterocycles. The number of piperazine rings is 1. The topological polar surface area (TPSA) is 61.4 Å². The van der Waals surface area contributed by atoms with E-state index in [1.807, 2.05) is 12.1 Å². The predicted octanol–water partition coefficient (Wildman–Crippen LogP) is 4.19. The van der Waals surface area contributed by atoms with Crippen LogP contribution in [-0.2, 0) is 0 Å². The summed E-state index contributed by atoms with van der Waals surface area (Å²) in [5.74, 6) is 1.95. The number of carbonyl (C=O) groups excluding carboxylic acids is 1. The summed E-state index contributed by atoms with van der Waals surface area (Å²) in [4.78, 5) is 21.4. The van der Waals surface area contributed by atoms with Crippen molar-refractivity contribution in [2.75, 3.05) is 37.6 Å². The highest BCUT2D eigenvalue weighted by Gasteiger charge is 2.25. The molecule has 1 saturated carbocycles. The van der Waals surface area contributed by atoms with Crippen LogP contribution in [-0.4, -0.2) is 58.9 Å². The van der Waals surface area contributed by atoms with E-state index in [1.165, 1.54) is 35.9 Å². The number of rotatable bonds is 6. The Labute approximate surface area is 193 Å². The van der Waals surface area contributed by atoms with Gasteiger partial charge in [-0.1, -0.05) is 12.1 Å². The molecule has 0 atom stereocenters. The molecule has 1 N–H and O–H groups in total. The molecule has 1 aromatic carbocycles. The molecule has 6 nitrogen and oxygen atoms in total. The first kappa shape index (κ1) is 21.3. The molecule has 32 heavy (non-hydrogen) atoms. The molecular weight excluding hydrogens is 418 g/mol. The van der Waals surface area contributed by atoms with Gasteiger partial charge in [0.1, 0.15) is 5.82 Å². The zero-order valence-electron chi connectivity index (χ0n) is 18.4. The smallest absolute Gasteiger partial charge is 0.253 e. The van der Waals surface area contributed by atoms with E-state index < -0.39 is 0 Å². The third kappa shape index (κ3) is 4.94. The molecule has 1 amide bonds. The lowest BCUT2D eigenvalue weighted by Crippen LogP contribution is -2.47. The summed E-state index contributed by atoms with van der Waals surface area (Å²) in [5.41, 5.74) is 0.652. The van der Waals surface area contributed by atoms with Crippen LogP contribution in [0.25, 0.3) is 10.1 Å². The summed E-state index contributed by atoms with van der Waals surface area (Å²) in [6.07, 6.45) is 9.19. The first-order valence-electron chi connectivity index (χ1n) is 11.8. The minimum Gasteiger partial charge on any atom is -0.353 e. The number of carbonyl (C=O) groups is 1. The lowest BCUT2D eigenvalue weighted by molar-refractivity contribution is 0.0919. The molecular formula is C25H31N5OS. The van der Waals surface area contributed by atoms with Crippen molar-refractivity contribution in [3.8, 4) is 0 Å². The quantitative estimate of drug-likeness (QED) is 0.611. The number of benzene rings is 1. The Hall–Kier alpha value is -2.51. The Kier molecular flexibility index (Phi) is 6.64. The predicted molar refractivity (Wildman–Crippen MR) is 130 cm³/mol. The molecule has 1 saturated heterocycles. The second-order valence-electron chi connectivity index (χ2n) is 9.05. The van der Waals surface area contributed by atoms with Crippen molar-refractivity contribution in [1.82, 2.24) is 19.6 Å². The number of nitrogens with zero attached hydrogens (tertiary/aromatic N) is 4. The second kappa shape index (κ2) is 9.96. The lowest BCUT2D eigenvalue weighted by Gasteiger charge is -2.36. The summed E-state index contributed by atoms with van der Waals surface area (Å²) in [7, 11) is 0. The van der Waals surface area contributed by atoms with E-state index in [-0.39, 0.29) is 5.91 Å². The van der Waals surface area contributed by atoms with E-state index in [1.54, 1.807) is 23.9 Å². The number of amides is 1. The van der Waals surface area contributed by atoms with Crippen molar-refractivity contribution < 1.29 is 4.79 Å². The Morgan fingerprint density at radius 1 is 1.03 bits per heavy atom. The van der Waals surface area contributed by atoms with Gasteiger partial charge in [0.25, 0.3) is 5.91 Å². The molecule has 0 unspecified atom stereocenters. The number of fused-ring (bicyclic) bond motifs is 1. The van der Waals surface area contributed by atoms with Crippen LogP contribution >= 0.6 is 11.5 Å². The maximum absolute atomic E-state index is 12.3. The van der Waals surface area contributed by atoms with Gasteiger partial charge >= 0.3 is 0 Å². The summed E-state index contributed by atoms with van der Waals surface area (Å²) >= 11 is 1.61. The Bertz CT molecular complexity index is 1020. The van der Waals surface area contributed by atoms with Gasteiger partial charge in [-0.3, -0.25) is 14.7 Å². The van der Waals surface area contributed by atoms with Gasteiger partial charge < -0.3 is 10.2 Å². The molecule has 5 rings (SSSR count). The standard InChI is InChI=1S/C25H31N5OS/c31-25(20-4-3-12-26-18-20)27-21-9-7-19(8-10-21)11-13-29-14-16-30(17-15-29)24-22-5-1-2-6-23(22)32-28-24/h1-6,12,18-19,21H,7-11,13-17H2,(H,27,31). The van der Waals surface area contributed by atoms with Crippen LogP contribution in [0.4, 0.5) is 5.82 Å². The maximum atomic E-state index is 12.3. The summed E-state index contributed by atoms with van der Waals surface area (Å²) in [6.45, 7) is 5.52. The SMILES string of the molecule is O=C(NC1CCC(CCN2CCN(c3nsc4ccccc34)CC2)CC1)c1cccnc1. The van der Waals surface area contributed by atoms with Crippen molar-refractivity contribution in [2.24, 2.45) is 5.92 Å². The average Bonchev–Trinajstić information content (AvgIpc) is 3.29. The molecule has 2 fully saturated rings. The van der Waals surface area contributed by atoms with Crippen LogP contribution in [0.3, 0.4) is 0 Å². The number of pyridine rings is 1. The highest BCUT2D eigenvalue weighted by atomic mass is 32.1. The number of anilines is 1. The number of aromatic nitrogens is 2. The van der Waals surface area contributed by atoms with E-state index in [4.69, 9.17) is 4.37 Å². The highest BCUT2D eigenvalue weighted by molar-refractivity contribution is 7.13. The summed E-state index contributed by atoms with van der Waals surface area (Å²) in [6, 6.07) is 12.5. The largest absolute Gasteiger partial charge is 0.353 e. The molecule has 2 aliphatic rings. The van der Waals surface area contributed by atoms with Gasteiger partial charge in [0.15, 0.2) is 0 Å². The van der Waals surface area contributed by atoms with Gasteiger partial charge in [0.2, 0.25) is 0 Å². The van der Waals surface area contributed by atoms with Crippen LogP contribution < -0.4 is 10.2 Å². The Morgan fingerprint density at radius 2 is 1.84 bits per heavy atom. The fourth-order valence-corrected chi connectivity index (χ4v) is 5.81. The zero-order valence-corrected chi connectivity index (χ0v) is 19.3. The van der Waals surface area contributed by atoms with Crippen LogP contribution in [0.2, 0.25) is 0 Å². The zero-order chi connectivity index (χ0) is 21.8. The Morgan fingerprint density at radius 3 is 2.62 bits per heavy atom. The van der Waals surface area contributed by atoms with E-state index in [2.05, 4.69) is 44.4 Å². The minimum atomic E-state index is 0.00677. The van der Waals surface area contributed by atoms with Gasteiger partial charge in [0.05, 0.1) is 10.3 Å². The molecule has 1 aliphatic carbocycles. The average molecular weight is 450 g/mol. The second-order valence-corrected chi connectivity index (χ2v) is 9.86. The van der Waals surface area contributed by atoms with Gasteiger partial charge in [-0.15, -0.1) is 0 Å². The summed E-state index contributed by atoms with van der Waals surface area (Å²) in [5, 5.41) is 4.48. The molecule has 3 aromatic rings. The lowest BCUT2D eigenvalue weighted by atomic mass is 9.84. The van der Waals surface area contributed by atoms with Crippen molar-refractivity contribution in [3.05, 3.63) is 54.4 Å². The molecule has 7 heteroatoms. The molecule has 0 spiro atoms. The fraction of sp³-hybridized carbons (Fsp3) is 0.480. The van der Waals surface area contributed by atoms with Crippen LogP contribution in [0.1, 0.15) is 42.5 Å². The third-order valence-electron chi connectivity index (χ3n) is 6.99. The molecule has 0 radical (unpaired) electrons. The normalized spacial score (nSPS) is 22.2. The van der Waals surface area contributed by atoms with Gasteiger partial charge in [-0.25, -0.2) is 0 Å². The molecule has 168 valence electrons. The number of nitrogens with one attached hydrogen (secondary N) is 1. The maximum Gasteiger partial charge on any atom is 0.253 e. The van der Waals surface area contributed by atoms with Crippen LogP contribution in [0.15, 0.2) is 48.8 Å². The van der Waals surface area contributed by atoms with Crippen molar-refractivity contribution >= 4 is 33.3 Å². The minimum absolute atomic E-state index is 0.00677. The molecule has 1 aliphatic heterocycles. The van der Waals surface area contributed by atoms with E-state index >= 15 is 0 Å². The van der Waals surface area contributed by atoms with Crippen molar-refractivity contribution in [2.45, 2.75) is 38.1 Å². The van der Waals surface area contributed by atoms with Crippen LogP contribution in [0, 0.1) is 5.92 Å². The molecule has 0 bridgehead atoms. The van der Waals surface area contributed by atoms with E-state index in [9.17, 15) is 4.79 Å². The van der Waals surface area contributed by atoms with Crippen molar-refractivity contribution in [1.29, 1.82) is 0 Å². The van der Waals surface area contributed by atoms with E-state index in [0.717, 1.165) is 50.8 Å². The van der Waals surface area contributed by atoms with Gasteiger partial charge in [0, 0.05) is 50.0 Å². The third-order valence-corrected chi connectivity index (χ3v) is 7.81. The summed E-state index contributed by atoms with van der Waals surface area (Å²) < 4.78 is 6.00. The fourth-order valence-electron chi connectivity index (χ4n) is 5.01. The Balaban J connectivity index is 1.03. The first-order valence-corrected chi connectivity index (χ1v) is 12.6. The highest BCUT2D eigenvalue weighted by Crippen LogP contribution is 2.30. The van der Waals surface area contributed by atoms with Crippen LogP contribution in [0.5, 0.6) is 0 Å². The van der Waals surface area contributed by atoms with Gasteiger partial charge in [-0.2, -0.15) is 4.37 Å². The van der Waals surface area contributed by atoms with Gasteiger partial charge in [-0.05, 0) is 80.4 Å². The molecule has 3 heterocycles. The van der Waals surface area contributed by atoms with E-state index in [0.29, 0.717) is 11.6 Å². The monoisotopic (exact) mass is 449 g/mol. The first-order chi connectivity index (χ1) is 15.8. The number of hydrogen-bond donors (Lipinski definition) is 1.